The van der Waals surface area contributed by atoms with Crippen molar-refractivity contribution in [1.82, 2.24) is 5.32 Å². The molecule has 1 N–H and O–H groups in total. The van der Waals surface area contributed by atoms with Gasteiger partial charge in [0.05, 0.1) is 7.11 Å². The average molecular weight is 367 g/mol. The van der Waals surface area contributed by atoms with Crippen LogP contribution in [0, 0.1) is 0 Å². The number of carbonyl (C=O) groups excluding carboxylic acids is 2. The molecule has 0 saturated carbocycles. The summed E-state index contributed by atoms with van der Waals surface area (Å²) in [5.74, 6) is -0.580. The minimum absolute atomic E-state index is 0.0753. The fraction of sp³-hybridized carbons (Fsp3) is 0.391. The number of aryl methyl sites for hydroxylation is 1. The van der Waals surface area contributed by atoms with Crippen LogP contribution in [-0.4, -0.2) is 25.0 Å². The smallest absolute Gasteiger partial charge is 0.328 e. The molecule has 2 rings (SSSR count). The maximum Gasteiger partial charge on any atom is 0.328 e. The van der Waals surface area contributed by atoms with Gasteiger partial charge in [-0.2, -0.15) is 0 Å². The fourth-order valence-electron chi connectivity index (χ4n) is 2.88. The van der Waals surface area contributed by atoms with Crippen molar-refractivity contribution in [3.05, 3.63) is 71.3 Å². The number of esters is 1. The molecule has 0 unspecified atom stereocenters. The highest BCUT2D eigenvalue weighted by atomic mass is 16.5. The number of rotatable bonds is 7. The maximum absolute atomic E-state index is 12.3. The number of carbonyl (C=O) groups is 2. The molecule has 0 aromatic heterocycles. The Balaban J connectivity index is 1.98. The summed E-state index contributed by atoms with van der Waals surface area (Å²) >= 11 is 0. The van der Waals surface area contributed by atoms with Crippen LogP contribution in [0.5, 0.6) is 0 Å². The Bertz CT molecular complexity index is 745. The van der Waals surface area contributed by atoms with E-state index in [2.05, 4.69) is 38.2 Å². The molecule has 27 heavy (non-hydrogen) atoms. The molecular formula is C23H29NO3. The molecule has 2 aromatic carbocycles. The van der Waals surface area contributed by atoms with Crippen LogP contribution in [-0.2, 0) is 32.6 Å². The molecular weight excluding hydrogens is 338 g/mol. The van der Waals surface area contributed by atoms with Crippen molar-refractivity contribution in [2.24, 2.45) is 0 Å². The second-order valence-corrected chi connectivity index (χ2v) is 7.78. The number of methoxy groups -OCH3 is 1. The molecule has 0 aliphatic rings. The Morgan fingerprint density at radius 3 is 2.15 bits per heavy atom. The van der Waals surface area contributed by atoms with Gasteiger partial charge in [-0.3, -0.25) is 4.79 Å². The lowest BCUT2D eigenvalue weighted by molar-refractivity contribution is -0.145. The molecule has 0 heterocycles. The molecule has 0 bridgehead atoms. The SMILES string of the molecule is COC(=O)[C@H](Cc1ccc(C(C)(C)C)cc1)NC(=O)CCc1ccccc1. The topological polar surface area (TPSA) is 55.4 Å². The van der Waals surface area contributed by atoms with E-state index in [0.717, 1.165) is 11.1 Å². The molecule has 0 saturated heterocycles. The summed E-state index contributed by atoms with van der Waals surface area (Å²) in [7, 11) is 1.34. The number of hydrogen-bond donors (Lipinski definition) is 1. The van der Waals surface area contributed by atoms with Crippen LogP contribution >= 0.6 is 0 Å². The molecule has 4 heteroatoms. The molecule has 4 nitrogen and oxygen atoms in total. The Hall–Kier alpha value is -2.62. The summed E-state index contributed by atoms with van der Waals surface area (Å²) in [5.41, 5.74) is 3.39. The van der Waals surface area contributed by atoms with Gasteiger partial charge in [0.25, 0.3) is 0 Å². The number of hydrogen-bond acceptors (Lipinski definition) is 3. The van der Waals surface area contributed by atoms with Crippen molar-refractivity contribution in [2.45, 2.75) is 51.5 Å². The van der Waals surface area contributed by atoms with Gasteiger partial charge in [0, 0.05) is 12.8 Å². The van der Waals surface area contributed by atoms with E-state index in [1.165, 1.54) is 12.7 Å². The van der Waals surface area contributed by atoms with Gasteiger partial charge in [0.15, 0.2) is 0 Å². The molecule has 0 radical (unpaired) electrons. The lowest BCUT2D eigenvalue weighted by atomic mass is 9.86. The summed E-state index contributed by atoms with van der Waals surface area (Å²) in [4.78, 5) is 24.4. The van der Waals surface area contributed by atoms with Crippen molar-refractivity contribution in [3.63, 3.8) is 0 Å². The van der Waals surface area contributed by atoms with E-state index in [9.17, 15) is 9.59 Å². The Labute approximate surface area is 161 Å². The fourth-order valence-corrected chi connectivity index (χ4v) is 2.88. The first kappa shape index (κ1) is 20.7. The number of amides is 1. The van der Waals surface area contributed by atoms with Crippen molar-refractivity contribution >= 4 is 11.9 Å². The zero-order valence-corrected chi connectivity index (χ0v) is 16.6. The van der Waals surface area contributed by atoms with Gasteiger partial charge in [-0.1, -0.05) is 75.4 Å². The van der Waals surface area contributed by atoms with E-state index in [1.54, 1.807) is 0 Å². The highest BCUT2D eigenvalue weighted by Crippen LogP contribution is 2.22. The lowest BCUT2D eigenvalue weighted by Gasteiger charge is -2.20. The van der Waals surface area contributed by atoms with Gasteiger partial charge in [-0.25, -0.2) is 4.79 Å². The van der Waals surface area contributed by atoms with Crippen LogP contribution in [0.1, 0.15) is 43.9 Å². The van der Waals surface area contributed by atoms with Crippen molar-refractivity contribution in [1.29, 1.82) is 0 Å². The summed E-state index contributed by atoms with van der Waals surface area (Å²) in [5, 5.41) is 2.82. The van der Waals surface area contributed by atoms with Crippen LogP contribution in [0.2, 0.25) is 0 Å². The van der Waals surface area contributed by atoms with Gasteiger partial charge < -0.3 is 10.1 Å². The van der Waals surface area contributed by atoms with Crippen molar-refractivity contribution < 1.29 is 14.3 Å². The first-order valence-electron chi connectivity index (χ1n) is 9.30. The lowest BCUT2D eigenvalue weighted by Crippen LogP contribution is -2.43. The predicted molar refractivity (Wildman–Crippen MR) is 108 cm³/mol. The van der Waals surface area contributed by atoms with Crippen LogP contribution in [0.15, 0.2) is 54.6 Å². The number of ether oxygens (including phenoxy) is 1. The first-order chi connectivity index (χ1) is 12.8. The summed E-state index contributed by atoms with van der Waals surface area (Å²) in [6, 6.07) is 17.3. The normalized spacial score (nSPS) is 12.3. The minimum Gasteiger partial charge on any atom is -0.467 e. The summed E-state index contributed by atoms with van der Waals surface area (Å²) < 4.78 is 4.87. The molecule has 2 aromatic rings. The van der Waals surface area contributed by atoms with E-state index in [0.29, 0.717) is 19.3 Å². The molecule has 1 amide bonds. The predicted octanol–water partition coefficient (Wildman–Crippen LogP) is 3.82. The van der Waals surface area contributed by atoms with Gasteiger partial charge in [-0.05, 0) is 28.5 Å². The Morgan fingerprint density at radius 2 is 1.59 bits per heavy atom. The minimum atomic E-state index is -0.682. The van der Waals surface area contributed by atoms with Gasteiger partial charge in [-0.15, -0.1) is 0 Å². The van der Waals surface area contributed by atoms with Crippen molar-refractivity contribution in [2.75, 3.05) is 7.11 Å². The second-order valence-electron chi connectivity index (χ2n) is 7.78. The summed E-state index contributed by atoms with van der Waals surface area (Å²) in [6.07, 6.45) is 1.38. The van der Waals surface area contributed by atoms with Gasteiger partial charge >= 0.3 is 5.97 Å². The zero-order chi connectivity index (χ0) is 19.9. The second kappa shape index (κ2) is 9.36. The van der Waals surface area contributed by atoms with E-state index < -0.39 is 12.0 Å². The van der Waals surface area contributed by atoms with Crippen LogP contribution in [0.3, 0.4) is 0 Å². The quantitative estimate of drug-likeness (QED) is 0.757. The van der Waals surface area contributed by atoms with Crippen molar-refractivity contribution in [3.8, 4) is 0 Å². The molecule has 144 valence electrons. The van der Waals surface area contributed by atoms with Crippen LogP contribution < -0.4 is 5.32 Å². The number of nitrogens with one attached hydrogen (secondary N) is 1. The van der Waals surface area contributed by atoms with E-state index in [4.69, 9.17) is 4.74 Å². The van der Waals surface area contributed by atoms with Gasteiger partial charge in [0.2, 0.25) is 5.91 Å². The largest absolute Gasteiger partial charge is 0.467 e. The maximum atomic E-state index is 12.3. The number of benzene rings is 2. The third-order valence-electron chi connectivity index (χ3n) is 4.56. The Morgan fingerprint density at radius 1 is 0.963 bits per heavy atom. The van der Waals surface area contributed by atoms with Crippen LogP contribution in [0.4, 0.5) is 0 Å². The molecule has 1 atom stereocenters. The summed E-state index contributed by atoms with van der Waals surface area (Å²) in [6.45, 7) is 6.48. The third-order valence-corrected chi connectivity index (χ3v) is 4.56. The molecule has 0 fully saturated rings. The van der Waals surface area contributed by atoms with Gasteiger partial charge in [0.1, 0.15) is 6.04 Å². The van der Waals surface area contributed by atoms with Crippen LogP contribution in [0.25, 0.3) is 0 Å². The third kappa shape index (κ3) is 6.55. The van der Waals surface area contributed by atoms with E-state index >= 15 is 0 Å². The first-order valence-corrected chi connectivity index (χ1v) is 9.30. The zero-order valence-electron chi connectivity index (χ0n) is 16.6. The highest BCUT2D eigenvalue weighted by molar-refractivity contribution is 5.84. The molecule has 0 aliphatic heterocycles. The molecule has 0 spiro atoms. The Kier molecular flexibility index (Phi) is 7.17. The molecule has 0 aliphatic carbocycles. The van der Waals surface area contributed by atoms with E-state index in [1.807, 2.05) is 42.5 Å². The monoisotopic (exact) mass is 367 g/mol. The van der Waals surface area contributed by atoms with E-state index in [-0.39, 0.29) is 11.3 Å². The average Bonchev–Trinajstić information content (AvgIpc) is 2.65. The standard InChI is InChI=1S/C23H29NO3/c1-23(2,3)19-13-10-18(11-14-19)16-20(22(26)27-4)24-21(25)15-12-17-8-6-5-7-9-17/h5-11,13-14,20H,12,15-16H2,1-4H3,(H,24,25)/t20-/m0/s1. The highest BCUT2D eigenvalue weighted by Gasteiger charge is 2.22.